The summed E-state index contributed by atoms with van der Waals surface area (Å²) in [6.45, 7) is 5.28. The lowest BCUT2D eigenvalue weighted by Crippen LogP contribution is -2.38. The molecule has 3 aromatic heterocycles. The van der Waals surface area contributed by atoms with Crippen LogP contribution in [0.4, 0.5) is 0 Å². The van der Waals surface area contributed by atoms with Crippen molar-refractivity contribution >= 4 is 5.96 Å². The van der Waals surface area contributed by atoms with Crippen LogP contribution in [0.5, 0.6) is 0 Å². The average Bonchev–Trinajstić information content (AvgIpc) is 3.42. The zero-order chi connectivity index (χ0) is 22.3. The number of guanidine groups is 1. The Morgan fingerprint density at radius 2 is 1.94 bits per heavy atom. The maximum absolute atomic E-state index is 5.30. The topological polar surface area (TPSA) is 106 Å². The molecule has 32 heavy (non-hydrogen) atoms. The number of hydrogen-bond acceptors (Lipinski definition) is 6. The maximum Gasteiger partial charge on any atom is 0.276 e. The van der Waals surface area contributed by atoms with Gasteiger partial charge in [0, 0.05) is 38.4 Å². The van der Waals surface area contributed by atoms with Crippen LogP contribution in [0.3, 0.4) is 0 Å². The summed E-state index contributed by atoms with van der Waals surface area (Å²) >= 11 is 0. The van der Waals surface area contributed by atoms with Crippen molar-refractivity contribution < 1.29 is 4.52 Å². The van der Waals surface area contributed by atoms with E-state index in [1.165, 1.54) is 0 Å². The van der Waals surface area contributed by atoms with Crippen molar-refractivity contribution in [2.24, 2.45) is 4.99 Å². The Hall–Kier alpha value is -4.01. The number of rotatable bonds is 7. The first-order valence-electron chi connectivity index (χ1n) is 10.4. The predicted octanol–water partition coefficient (Wildman–Crippen LogP) is 2.84. The summed E-state index contributed by atoms with van der Waals surface area (Å²) in [6, 6.07) is 15.8. The van der Waals surface area contributed by atoms with E-state index < -0.39 is 0 Å². The number of para-hydroxylation sites is 1. The minimum atomic E-state index is 0.420. The highest BCUT2D eigenvalue weighted by Gasteiger charge is 2.11. The van der Waals surface area contributed by atoms with Gasteiger partial charge in [-0.05, 0) is 43.7 Å². The molecule has 0 radical (unpaired) electrons. The highest BCUT2D eigenvalue weighted by Crippen LogP contribution is 2.17. The van der Waals surface area contributed by atoms with E-state index in [0.717, 1.165) is 22.6 Å². The van der Waals surface area contributed by atoms with Crippen LogP contribution in [-0.4, -0.2) is 44.5 Å². The molecule has 3 heterocycles. The fourth-order valence-corrected chi connectivity index (χ4v) is 3.38. The first-order valence-corrected chi connectivity index (χ1v) is 10.4. The quantitative estimate of drug-likeness (QED) is 0.343. The first kappa shape index (κ1) is 21.2. The third-order valence-corrected chi connectivity index (χ3v) is 4.89. The number of nitrogens with zero attached hydrogens (tertiary/aromatic N) is 6. The number of aromatic nitrogens is 5. The summed E-state index contributed by atoms with van der Waals surface area (Å²) in [6.07, 6.45) is 2.29. The minimum Gasteiger partial charge on any atom is -0.356 e. The lowest BCUT2D eigenvalue weighted by Gasteiger charge is -2.14. The Morgan fingerprint density at radius 3 is 2.69 bits per heavy atom. The third kappa shape index (κ3) is 5.00. The molecule has 0 unspecified atom stereocenters. The van der Waals surface area contributed by atoms with Gasteiger partial charge in [0.1, 0.15) is 5.69 Å². The van der Waals surface area contributed by atoms with Gasteiger partial charge in [-0.3, -0.25) is 9.98 Å². The molecule has 0 amide bonds. The van der Waals surface area contributed by atoms with Crippen LogP contribution in [0.1, 0.15) is 22.8 Å². The van der Waals surface area contributed by atoms with Gasteiger partial charge in [0.15, 0.2) is 11.8 Å². The number of aliphatic imine (C=N–C) groups is 1. The van der Waals surface area contributed by atoms with Crippen molar-refractivity contribution in [3.63, 3.8) is 0 Å². The van der Waals surface area contributed by atoms with Crippen LogP contribution in [0, 0.1) is 13.8 Å². The molecule has 2 N–H and O–H groups in total. The lowest BCUT2D eigenvalue weighted by atomic mass is 10.1. The highest BCUT2D eigenvalue weighted by atomic mass is 16.5. The first-order chi connectivity index (χ1) is 15.6. The summed E-state index contributed by atoms with van der Waals surface area (Å²) in [5.41, 5.74) is 4.94. The van der Waals surface area contributed by atoms with E-state index in [9.17, 15) is 0 Å². The Kier molecular flexibility index (Phi) is 6.54. The molecular formula is C23H26N8O. The molecule has 0 fully saturated rings. The Morgan fingerprint density at radius 1 is 1.09 bits per heavy atom. The lowest BCUT2D eigenvalue weighted by molar-refractivity contribution is 0.421. The summed E-state index contributed by atoms with van der Waals surface area (Å²) in [7, 11) is 1.75. The number of pyridine rings is 1. The van der Waals surface area contributed by atoms with Gasteiger partial charge in [0.05, 0.1) is 11.4 Å². The summed E-state index contributed by atoms with van der Waals surface area (Å²) in [5.74, 6) is 1.73. The second-order valence-corrected chi connectivity index (χ2v) is 7.30. The molecule has 0 spiro atoms. The minimum absolute atomic E-state index is 0.420. The monoisotopic (exact) mass is 430 g/mol. The summed E-state index contributed by atoms with van der Waals surface area (Å²) < 4.78 is 7.27. The van der Waals surface area contributed by atoms with Crippen LogP contribution in [-0.2, 0) is 13.0 Å². The van der Waals surface area contributed by atoms with Crippen LogP contribution in [0.25, 0.3) is 17.3 Å². The summed E-state index contributed by atoms with van der Waals surface area (Å²) in [5, 5.41) is 15.3. The molecule has 0 bridgehead atoms. The van der Waals surface area contributed by atoms with Gasteiger partial charge < -0.3 is 15.2 Å². The van der Waals surface area contributed by atoms with Crippen molar-refractivity contribution in [2.45, 2.75) is 26.8 Å². The molecular weight excluding hydrogens is 404 g/mol. The van der Waals surface area contributed by atoms with Crippen molar-refractivity contribution in [1.29, 1.82) is 0 Å². The fraction of sp³-hybridized carbons (Fsp3) is 0.261. The van der Waals surface area contributed by atoms with E-state index in [4.69, 9.17) is 4.52 Å². The van der Waals surface area contributed by atoms with Crippen molar-refractivity contribution in [3.05, 3.63) is 77.5 Å². The molecule has 0 atom stereocenters. The highest BCUT2D eigenvalue weighted by molar-refractivity contribution is 5.79. The Balaban J connectivity index is 1.33. The Bertz CT molecular complexity index is 1200. The fourth-order valence-electron chi connectivity index (χ4n) is 3.38. The van der Waals surface area contributed by atoms with Gasteiger partial charge in [0.2, 0.25) is 0 Å². The van der Waals surface area contributed by atoms with Crippen LogP contribution < -0.4 is 10.6 Å². The maximum atomic E-state index is 5.30. The zero-order valence-corrected chi connectivity index (χ0v) is 18.4. The molecule has 0 aliphatic heterocycles. The van der Waals surface area contributed by atoms with Gasteiger partial charge in [0.25, 0.3) is 5.89 Å². The average molecular weight is 431 g/mol. The molecule has 0 saturated carbocycles. The molecule has 0 aliphatic rings. The smallest absolute Gasteiger partial charge is 0.276 e. The standard InChI is InChI=1S/C23H26N8O/c1-16-14-17(2)31(29-16)20-10-5-4-8-18(20)15-27-23(24-3)26-13-11-21-28-22(32-30-21)19-9-6-7-12-25-19/h4-10,12,14H,11,13,15H2,1-3H3,(H2,24,26,27). The van der Waals surface area contributed by atoms with Gasteiger partial charge >= 0.3 is 0 Å². The van der Waals surface area contributed by atoms with Gasteiger partial charge in [-0.25, -0.2) is 4.68 Å². The van der Waals surface area contributed by atoms with Gasteiger partial charge in [-0.15, -0.1) is 0 Å². The zero-order valence-electron chi connectivity index (χ0n) is 18.4. The number of benzene rings is 1. The molecule has 0 aliphatic carbocycles. The number of aryl methyl sites for hydroxylation is 2. The largest absolute Gasteiger partial charge is 0.356 e. The molecule has 4 aromatic rings. The molecule has 1 aromatic carbocycles. The van der Waals surface area contributed by atoms with E-state index in [1.807, 2.05) is 41.9 Å². The molecule has 164 valence electrons. The van der Waals surface area contributed by atoms with Crippen molar-refractivity contribution in [3.8, 4) is 17.3 Å². The predicted molar refractivity (Wildman–Crippen MR) is 122 cm³/mol. The van der Waals surface area contributed by atoms with E-state index in [1.54, 1.807) is 13.2 Å². The van der Waals surface area contributed by atoms with E-state index in [2.05, 4.69) is 61.0 Å². The Labute approximate surface area is 186 Å². The van der Waals surface area contributed by atoms with Crippen LogP contribution in [0.2, 0.25) is 0 Å². The van der Waals surface area contributed by atoms with Gasteiger partial charge in [-0.1, -0.05) is 29.4 Å². The van der Waals surface area contributed by atoms with Gasteiger partial charge in [-0.2, -0.15) is 10.1 Å². The summed E-state index contributed by atoms with van der Waals surface area (Å²) in [4.78, 5) is 12.9. The third-order valence-electron chi connectivity index (χ3n) is 4.89. The molecule has 9 nitrogen and oxygen atoms in total. The van der Waals surface area contributed by atoms with Crippen molar-refractivity contribution in [1.82, 2.24) is 35.5 Å². The number of nitrogens with one attached hydrogen (secondary N) is 2. The van der Waals surface area contributed by atoms with Crippen LogP contribution >= 0.6 is 0 Å². The second kappa shape index (κ2) is 9.86. The molecule has 9 heteroatoms. The second-order valence-electron chi connectivity index (χ2n) is 7.30. The van der Waals surface area contributed by atoms with Crippen molar-refractivity contribution in [2.75, 3.05) is 13.6 Å². The SMILES string of the molecule is CN=C(NCCc1noc(-c2ccccn2)n1)NCc1ccccc1-n1nc(C)cc1C. The normalized spacial score (nSPS) is 11.5. The number of hydrogen-bond donors (Lipinski definition) is 2. The van der Waals surface area contributed by atoms with E-state index in [0.29, 0.717) is 42.9 Å². The molecule has 4 rings (SSSR count). The van der Waals surface area contributed by atoms with E-state index in [-0.39, 0.29) is 0 Å². The van der Waals surface area contributed by atoms with Crippen LogP contribution in [0.15, 0.2) is 64.2 Å². The van der Waals surface area contributed by atoms with E-state index >= 15 is 0 Å². The molecule has 0 saturated heterocycles.